The van der Waals surface area contributed by atoms with Crippen molar-refractivity contribution in [2.24, 2.45) is 0 Å². The highest BCUT2D eigenvalue weighted by atomic mass is 16.5. The largest absolute Gasteiger partial charge is 0.338 e. The van der Waals surface area contributed by atoms with E-state index in [0.29, 0.717) is 11.8 Å². The zero-order valence-corrected chi connectivity index (χ0v) is 12.8. The van der Waals surface area contributed by atoms with Crippen LogP contribution in [0.15, 0.2) is 34.9 Å². The van der Waals surface area contributed by atoms with Crippen molar-refractivity contribution >= 4 is 11.9 Å². The van der Waals surface area contributed by atoms with E-state index in [4.69, 9.17) is 4.52 Å². The minimum Gasteiger partial charge on any atom is -0.338 e. The molecule has 1 N–H and O–H groups in total. The Labute approximate surface area is 129 Å². The molecule has 2 atom stereocenters. The molecule has 3 rings (SSSR count). The first-order chi connectivity index (χ1) is 10.7. The number of benzene rings is 1. The average molecular weight is 300 g/mol. The number of rotatable bonds is 3. The van der Waals surface area contributed by atoms with E-state index in [2.05, 4.69) is 15.5 Å². The van der Waals surface area contributed by atoms with Gasteiger partial charge in [0.05, 0.1) is 12.1 Å². The molecule has 0 saturated carbocycles. The summed E-state index contributed by atoms with van der Waals surface area (Å²) >= 11 is 0. The molecular weight excluding hydrogens is 280 g/mol. The summed E-state index contributed by atoms with van der Waals surface area (Å²) in [7, 11) is 1.81. The summed E-state index contributed by atoms with van der Waals surface area (Å²) in [6.07, 6.45) is 2.65. The van der Waals surface area contributed by atoms with Crippen molar-refractivity contribution in [2.75, 3.05) is 11.9 Å². The molecule has 2 heterocycles. The molecule has 1 aliphatic heterocycles. The number of aryl methyl sites for hydroxylation is 1. The zero-order valence-electron chi connectivity index (χ0n) is 12.8. The normalized spacial score (nSPS) is 22.6. The third-order valence-corrected chi connectivity index (χ3v) is 4.08. The summed E-state index contributed by atoms with van der Waals surface area (Å²) in [5, 5.41) is 7.06. The highest BCUT2D eigenvalue weighted by Gasteiger charge is 2.36. The van der Waals surface area contributed by atoms with Crippen LogP contribution in [0.1, 0.15) is 36.8 Å². The van der Waals surface area contributed by atoms with Crippen LogP contribution < -0.4 is 10.2 Å². The summed E-state index contributed by atoms with van der Waals surface area (Å²) in [5.74, 6) is 0.799. The van der Waals surface area contributed by atoms with Crippen molar-refractivity contribution in [1.29, 1.82) is 0 Å². The van der Waals surface area contributed by atoms with Crippen LogP contribution in [-0.2, 0) is 4.79 Å². The molecule has 116 valence electrons. The predicted octanol–water partition coefficient (Wildman–Crippen LogP) is 2.22. The number of aromatic nitrogens is 2. The molecule has 0 radical (unpaired) electrons. The van der Waals surface area contributed by atoms with Gasteiger partial charge in [0, 0.05) is 6.92 Å². The minimum atomic E-state index is -0.215. The van der Waals surface area contributed by atoms with E-state index in [1.165, 1.54) is 0 Å². The smallest absolute Gasteiger partial charge is 0.273 e. The standard InChI is InChI=1S/C16H20N4O2/c1-11-18-16(19-22-11)20-14(12-7-4-3-5-8-12)10-6-9-13(17-2)15(20)21/h3-5,7-8,13-14,17H,6,9-10H2,1-2H3. The number of nitrogens with one attached hydrogen (secondary N) is 1. The topological polar surface area (TPSA) is 71.3 Å². The Bertz CT molecular complexity index is 641. The maximum absolute atomic E-state index is 12.9. The summed E-state index contributed by atoms with van der Waals surface area (Å²) in [6.45, 7) is 1.73. The Hall–Kier alpha value is -2.21. The molecule has 1 aliphatic rings. The van der Waals surface area contributed by atoms with Crippen molar-refractivity contribution in [3.05, 3.63) is 41.8 Å². The van der Waals surface area contributed by atoms with Gasteiger partial charge >= 0.3 is 0 Å². The highest BCUT2D eigenvalue weighted by Crippen LogP contribution is 2.33. The van der Waals surface area contributed by atoms with Gasteiger partial charge in [-0.2, -0.15) is 4.98 Å². The maximum Gasteiger partial charge on any atom is 0.273 e. The number of carbonyl (C=O) groups excluding carboxylic acids is 1. The number of hydrogen-bond donors (Lipinski definition) is 1. The summed E-state index contributed by atoms with van der Waals surface area (Å²) < 4.78 is 5.08. The molecular formula is C16H20N4O2. The van der Waals surface area contributed by atoms with Crippen molar-refractivity contribution in [1.82, 2.24) is 15.5 Å². The summed E-state index contributed by atoms with van der Waals surface area (Å²) in [5.41, 5.74) is 1.09. The Morgan fingerprint density at radius 1 is 1.27 bits per heavy atom. The fourth-order valence-corrected chi connectivity index (χ4v) is 2.97. The van der Waals surface area contributed by atoms with E-state index < -0.39 is 0 Å². The fraction of sp³-hybridized carbons (Fsp3) is 0.438. The van der Waals surface area contributed by atoms with Crippen LogP contribution in [0.5, 0.6) is 0 Å². The molecule has 6 heteroatoms. The van der Waals surface area contributed by atoms with Gasteiger partial charge in [-0.15, -0.1) is 0 Å². The molecule has 1 fully saturated rings. The molecule has 2 aromatic rings. The van der Waals surface area contributed by atoms with Gasteiger partial charge in [-0.25, -0.2) is 0 Å². The number of amides is 1. The molecule has 1 amide bonds. The van der Waals surface area contributed by atoms with Crippen LogP contribution in [-0.4, -0.2) is 29.1 Å². The molecule has 22 heavy (non-hydrogen) atoms. The fourth-order valence-electron chi connectivity index (χ4n) is 2.97. The summed E-state index contributed by atoms with van der Waals surface area (Å²) in [4.78, 5) is 18.9. The second-order valence-electron chi connectivity index (χ2n) is 5.52. The van der Waals surface area contributed by atoms with Crippen molar-refractivity contribution in [3.8, 4) is 0 Å². The van der Waals surface area contributed by atoms with Crippen molar-refractivity contribution < 1.29 is 9.32 Å². The lowest BCUT2D eigenvalue weighted by atomic mass is 10.0. The Morgan fingerprint density at radius 2 is 2.05 bits per heavy atom. The van der Waals surface area contributed by atoms with E-state index >= 15 is 0 Å². The average Bonchev–Trinajstić information content (AvgIpc) is 2.89. The molecule has 1 aromatic carbocycles. The second-order valence-corrected chi connectivity index (χ2v) is 5.52. The maximum atomic E-state index is 12.9. The Morgan fingerprint density at radius 3 is 2.68 bits per heavy atom. The van der Waals surface area contributed by atoms with Gasteiger partial charge in [0.1, 0.15) is 0 Å². The van der Waals surface area contributed by atoms with Crippen molar-refractivity contribution in [3.63, 3.8) is 0 Å². The SMILES string of the molecule is CNC1CCCC(c2ccccc2)N(c2noc(C)n2)C1=O. The van der Waals surface area contributed by atoms with Crippen LogP contribution in [0.3, 0.4) is 0 Å². The van der Waals surface area contributed by atoms with Gasteiger partial charge in [0.15, 0.2) is 0 Å². The van der Waals surface area contributed by atoms with Crippen LogP contribution in [0.2, 0.25) is 0 Å². The van der Waals surface area contributed by atoms with Crippen LogP contribution in [0.4, 0.5) is 5.95 Å². The monoisotopic (exact) mass is 300 g/mol. The first kappa shape index (κ1) is 14.7. The second kappa shape index (κ2) is 6.27. The third kappa shape index (κ3) is 2.74. The molecule has 1 saturated heterocycles. The highest BCUT2D eigenvalue weighted by molar-refractivity contribution is 5.96. The van der Waals surface area contributed by atoms with Gasteiger partial charge in [-0.1, -0.05) is 30.3 Å². The molecule has 0 bridgehead atoms. The van der Waals surface area contributed by atoms with E-state index in [0.717, 1.165) is 24.8 Å². The molecule has 0 aliphatic carbocycles. The predicted molar refractivity (Wildman–Crippen MR) is 82.4 cm³/mol. The van der Waals surface area contributed by atoms with E-state index in [-0.39, 0.29) is 18.0 Å². The minimum absolute atomic E-state index is 0.00495. The first-order valence-corrected chi connectivity index (χ1v) is 7.56. The Balaban J connectivity index is 2.03. The molecule has 2 unspecified atom stereocenters. The molecule has 6 nitrogen and oxygen atoms in total. The lowest BCUT2D eigenvalue weighted by Gasteiger charge is -2.28. The van der Waals surface area contributed by atoms with Gasteiger partial charge in [0.25, 0.3) is 5.95 Å². The Kier molecular flexibility index (Phi) is 4.20. The zero-order chi connectivity index (χ0) is 15.5. The number of likely N-dealkylation sites (N-methyl/N-ethyl adjacent to an activating group) is 1. The third-order valence-electron chi connectivity index (χ3n) is 4.08. The van der Waals surface area contributed by atoms with Gasteiger partial charge in [0.2, 0.25) is 11.8 Å². The number of carbonyl (C=O) groups is 1. The van der Waals surface area contributed by atoms with E-state index in [9.17, 15) is 4.79 Å². The number of anilines is 1. The first-order valence-electron chi connectivity index (χ1n) is 7.56. The number of nitrogens with zero attached hydrogens (tertiary/aromatic N) is 3. The molecule has 0 spiro atoms. The lowest BCUT2D eigenvalue weighted by molar-refractivity contribution is -0.120. The molecule has 1 aromatic heterocycles. The summed E-state index contributed by atoms with van der Waals surface area (Å²) in [6, 6.07) is 9.74. The van der Waals surface area contributed by atoms with Crippen molar-refractivity contribution in [2.45, 2.75) is 38.3 Å². The van der Waals surface area contributed by atoms with E-state index in [1.807, 2.05) is 37.4 Å². The quantitative estimate of drug-likeness (QED) is 0.941. The van der Waals surface area contributed by atoms with Gasteiger partial charge in [-0.05, 0) is 37.0 Å². The van der Waals surface area contributed by atoms with Crippen LogP contribution in [0, 0.1) is 6.92 Å². The van der Waals surface area contributed by atoms with Gasteiger partial charge < -0.3 is 9.84 Å². The van der Waals surface area contributed by atoms with Gasteiger partial charge in [-0.3, -0.25) is 9.69 Å². The van der Waals surface area contributed by atoms with Crippen LogP contribution >= 0.6 is 0 Å². The van der Waals surface area contributed by atoms with E-state index in [1.54, 1.807) is 11.8 Å². The number of hydrogen-bond acceptors (Lipinski definition) is 5. The van der Waals surface area contributed by atoms with Crippen LogP contribution in [0.25, 0.3) is 0 Å². The lowest BCUT2D eigenvalue weighted by Crippen LogP contribution is -2.45.